The molecule has 0 saturated heterocycles. The maximum atomic E-state index is 2.77. The molecule has 0 spiro atoms. The Balaban J connectivity index is 3.09. The van der Waals surface area contributed by atoms with Gasteiger partial charge in [0, 0.05) is 0 Å². The lowest BCUT2D eigenvalue weighted by Gasteiger charge is -2.16. The van der Waals surface area contributed by atoms with Gasteiger partial charge in [-0.25, -0.2) is 0 Å². The summed E-state index contributed by atoms with van der Waals surface area (Å²) in [6, 6.07) is 0. The molecule has 0 N–H and O–H groups in total. The molecule has 0 rings (SSSR count). The molecule has 1 nitrogen and oxygen atoms in total. The lowest BCUT2D eigenvalue weighted by Crippen LogP contribution is -2.23. The fourth-order valence-corrected chi connectivity index (χ4v) is 1.31. The number of hydrogen-bond acceptors (Lipinski definition) is 1. The Labute approximate surface area is 67.4 Å². The molecule has 0 aliphatic carbocycles. The summed E-state index contributed by atoms with van der Waals surface area (Å²) < 4.78 is 0. The SMILES string of the molecule is CCN(CC)CCCCP. The number of unbranched alkanes of at least 4 members (excludes halogenated alkanes) is 1. The third-order valence-corrected chi connectivity index (χ3v) is 2.23. The first-order chi connectivity index (χ1) is 4.85. The van der Waals surface area contributed by atoms with Gasteiger partial charge in [-0.15, -0.1) is 9.24 Å². The van der Waals surface area contributed by atoms with Crippen LogP contribution in [0.1, 0.15) is 26.7 Å². The fraction of sp³-hybridized carbons (Fsp3) is 1.00. The molecule has 0 aromatic carbocycles. The Morgan fingerprint density at radius 1 is 1.10 bits per heavy atom. The molecule has 0 aliphatic rings. The van der Waals surface area contributed by atoms with Crippen molar-refractivity contribution in [2.75, 3.05) is 25.8 Å². The first-order valence-electron chi connectivity index (χ1n) is 4.27. The largest absolute Gasteiger partial charge is 0.304 e. The van der Waals surface area contributed by atoms with Gasteiger partial charge >= 0.3 is 0 Å². The molecule has 1 unspecified atom stereocenters. The third kappa shape index (κ3) is 5.20. The Hall–Kier alpha value is 0.390. The van der Waals surface area contributed by atoms with Crippen LogP contribution in [-0.2, 0) is 0 Å². The van der Waals surface area contributed by atoms with Crippen LogP contribution in [0.3, 0.4) is 0 Å². The van der Waals surface area contributed by atoms with Gasteiger partial charge in [-0.2, -0.15) is 0 Å². The summed E-state index contributed by atoms with van der Waals surface area (Å²) in [5, 5.41) is 0. The highest BCUT2D eigenvalue weighted by atomic mass is 31.0. The van der Waals surface area contributed by atoms with Crippen molar-refractivity contribution in [3.8, 4) is 0 Å². The second kappa shape index (κ2) is 7.50. The summed E-state index contributed by atoms with van der Waals surface area (Å²) >= 11 is 0. The van der Waals surface area contributed by atoms with Crippen molar-refractivity contribution in [2.24, 2.45) is 0 Å². The average molecular weight is 161 g/mol. The standard InChI is InChI=1S/C8H20NP/c1-3-9(4-2)7-5-6-8-10/h3-8,10H2,1-2H3. The zero-order chi connectivity index (χ0) is 7.82. The second-order valence-corrected chi connectivity index (χ2v) is 3.10. The van der Waals surface area contributed by atoms with Crippen LogP contribution in [-0.4, -0.2) is 30.7 Å². The van der Waals surface area contributed by atoms with Gasteiger partial charge in [0.05, 0.1) is 0 Å². The van der Waals surface area contributed by atoms with E-state index in [-0.39, 0.29) is 0 Å². The molecule has 0 fully saturated rings. The van der Waals surface area contributed by atoms with E-state index in [1.54, 1.807) is 0 Å². The zero-order valence-electron chi connectivity index (χ0n) is 7.27. The van der Waals surface area contributed by atoms with Crippen LogP contribution in [0.2, 0.25) is 0 Å². The molecule has 0 heterocycles. The predicted molar refractivity (Wildman–Crippen MR) is 51.6 cm³/mol. The predicted octanol–water partition coefficient (Wildman–Crippen LogP) is 1.98. The molecule has 0 aromatic rings. The number of nitrogens with zero attached hydrogens (tertiary/aromatic N) is 1. The van der Waals surface area contributed by atoms with E-state index in [0.29, 0.717) is 0 Å². The monoisotopic (exact) mass is 161 g/mol. The van der Waals surface area contributed by atoms with Crippen molar-refractivity contribution in [1.82, 2.24) is 4.90 Å². The molecule has 1 atom stereocenters. The van der Waals surface area contributed by atoms with Crippen molar-refractivity contribution < 1.29 is 0 Å². The Kier molecular flexibility index (Phi) is 7.79. The molecule has 0 radical (unpaired) electrons. The van der Waals surface area contributed by atoms with Gasteiger partial charge in [0.25, 0.3) is 0 Å². The van der Waals surface area contributed by atoms with Gasteiger partial charge < -0.3 is 4.90 Å². The zero-order valence-corrected chi connectivity index (χ0v) is 8.42. The lowest BCUT2D eigenvalue weighted by atomic mass is 10.3. The molecular formula is C8H20NP. The van der Waals surface area contributed by atoms with Crippen LogP contribution >= 0.6 is 9.24 Å². The molecule has 62 valence electrons. The van der Waals surface area contributed by atoms with E-state index in [0.717, 1.165) is 0 Å². The van der Waals surface area contributed by atoms with E-state index in [1.807, 2.05) is 0 Å². The molecule has 10 heavy (non-hydrogen) atoms. The van der Waals surface area contributed by atoms with Crippen LogP contribution in [0.25, 0.3) is 0 Å². The highest BCUT2D eigenvalue weighted by Crippen LogP contribution is 1.97. The Morgan fingerprint density at radius 2 is 1.70 bits per heavy atom. The smallest absolute Gasteiger partial charge is 0.00188 e. The van der Waals surface area contributed by atoms with Gasteiger partial charge in [-0.05, 0) is 38.6 Å². The van der Waals surface area contributed by atoms with Gasteiger partial charge in [0.15, 0.2) is 0 Å². The van der Waals surface area contributed by atoms with Crippen LogP contribution in [0.4, 0.5) is 0 Å². The lowest BCUT2D eigenvalue weighted by molar-refractivity contribution is 0.299. The van der Waals surface area contributed by atoms with Crippen LogP contribution in [0.15, 0.2) is 0 Å². The number of hydrogen-bond donors (Lipinski definition) is 0. The van der Waals surface area contributed by atoms with E-state index >= 15 is 0 Å². The van der Waals surface area contributed by atoms with Gasteiger partial charge in [0.1, 0.15) is 0 Å². The molecule has 0 bridgehead atoms. The maximum absolute atomic E-state index is 2.77. The highest BCUT2D eigenvalue weighted by molar-refractivity contribution is 7.16. The topological polar surface area (TPSA) is 3.24 Å². The van der Waals surface area contributed by atoms with Crippen LogP contribution in [0.5, 0.6) is 0 Å². The van der Waals surface area contributed by atoms with Gasteiger partial charge in [-0.1, -0.05) is 13.8 Å². The van der Waals surface area contributed by atoms with E-state index < -0.39 is 0 Å². The summed E-state index contributed by atoms with van der Waals surface area (Å²) in [7, 11) is 2.77. The van der Waals surface area contributed by atoms with Crippen molar-refractivity contribution >= 4 is 9.24 Å². The maximum Gasteiger partial charge on any atom is -0.00188 e. The van der Waals surface area contributed by atoms with E-state index in [1.165, 1.54) is 38.6 Å². The van der Waals surface area contributed by atoms with Crippen molar-refractivity contribution in [2.45, 2.75) is 26.7 Å². The van der Waals surface area contributed by atoms with Gasteiger partial charge in [-0.3, -0.25) is 0 Å². The molecule has 0 saturated carbocycles. The second-order valence-electron chi connectivity index (χ2n) is 2.52. The minimum atomic E-state index is 1.20. The summed E-state index contributed by atoms with van der Waals surface area (Å²) in [5.74, 6) is 0. The first kappa shape index (κ1) is 10.4. The summed E-state index contributed by atoms with van der Waals surface area (Å²) in [4.78, 5) is 2.47. The quantitative estimate of drug-likeness (QED) is 0.425. The summed E-state index contributed by atoms with van der Waals surface area (Å²) in [6.45, 7) is 8.14. The summed E-state index contributed by atoms with van der Waals surface area (Å²) in [6.07, 6.45) is 3.95. The van der Waals surface area contributed by atoms with E-state index in [4.69, 9.17) is 0 Å². The van der Waals surface area contributed by atoms with Crippen LogP contribution in [0, 0.1) is 0 Å². The average Bonchev–Trinajstić information content (AvgIpc) is 1.99. The normalized spacial score (nSPS) is 10.8. The molecule has 2 heteroatoms. The van der Waals surface area contributed by atoms with Crippen molar-refractivity contribution in [1.29, 1.82) is 0 Å². The first-order valence-corrected chi connectivity index (χ1v) is 5.09. The highest BCUT2D eigenvalue weighted by Gasteiger charge is 1.95. The van der Waals surface area contributed by atoms with E-state index in [9.17, 15) is 0 Å². The van der Waals surface area contributed by atoms with Gasteiger partial charge in [0.2, 0.25) is 0 Å². The molecule has 0 aliphatic heterocycles. The molecular weight excluding hydrogens is 141 g/mol. The third-order valence-electron chi connectivity index (χ3n) is 1.82. The Bertz CT molecular complexity index is 62.3. The minimum Gasteiger partial charge on any atom is -0.304 e. The molecule has 0 aromatic heterocycles. The summed E-state index contributed by atoms with van der Waals surface area (Å²) in [5.41, 5.74) is 0. The molecule has 0 amide bonds. The van der Waals surface area contributed by atoms with Crippen molar-refractivity contribution in [3.05, 3.63) is 0 Å². The minimum absolute atomic E-state index is 1.20. The fourth-order valence-electron chi connectivity index (χ4n) is 1.02. The van der Waals surface area contributed by atoms with Crippen molar-refractivity contribution in [3.63, 3.8) is 0 Å². The van der Waals surface area contributed by atoms with E-state index in [2.05, 4.69) is 28.0 Å². The number of rotatable bonds is 6. The Morgan fingerprint density at radius 3 is 2.10 bits per heavy atom. The van der Waals surface area contributed by atoms with Crippen LogP contribution < -0.4 is 0 Å².